The van der Waals surface area contributed by atoms with Crippen LogP contribution < -0.4 is 5.32 Å². The summed E-state index contributed by atoms with van der Waals surface area (Å²) in [6, 6.07) is 7.70. The van der Waals surface area contributed by atoms with Crippen LogP contribution in [0.1, 0.15) is 55.4 Å². The molecule has 1 N–H and O–H groups in total. The van der Waals surface area contributed by atoms with Gasteiger partial charge in [0, 0.05) is 18.5 Å². The van der Waals surface area contributed by atoms with Crippen molar-refractivity contribution < 1.29 is 9.32 Å². The Morgan fingerprint density at radius 3 is 2.85 bits per heavy atom. The summed E-state index contributed by atoms with van der Waals surface area (Å²) in [7, 11) is 0. The van der Waals surface area contributed by atoms with Crippen LogP contribution in [0.2, 0.25) is 0 Å². The van der Waals surface area contributed by atoms with E-state index < -0.39 is 0 Å². The Labute approximate surface area is 160 Å². The number of hydrogen-bond donors (Lipinski definition) is 1. The van der Waals surface area contributed by atoms with Gasteiger partial charge in [0.25, 0.3) is 0 Å². The summed E-state index contributed by atoms with van der Waals surface area (Å²) in [5.74, 6) is 2.45. The maximum absolute atomic E-state index is 11.4. The number of rotatable bonds is 6. The first-order valence-electron chi connectivity index (χ1n) is 8.81. The van der Waals surface area contributed by atoms with Gasteiger partial charge >= 0.3 is 0 Å². The van der Waals surface area contributed by atoms with Gasteiger partial charge in [0.2, 0.25) is 11.8 Å². The van der Waals surface area contributed by atoms with Crippen LogP contribution in [0.25, 0.3) is 5.69 Å². The number of aryl methyl sites for hydroxylation is 1. The molecular formula is C18H20N6O2S. The Kier molecular flexibility index (Phi) is 4.69. The second-order valence-electron chi connectivity index (χ2n) is 6.62. The first-order valence-corrected chi connectivity index (χ1v) is 9.69. The van der Waals surface area contributed by atoms with Crippen molar-refractivity contribution in [2.24, 2.45) is 0 Å². The topological polar surface area (TPSA) is 98.7 Å². The van der Waals surface area contributed by atoms with E-state index in [0.29, 0.717) is 17.6 Å². The van der Waals surface area contributed by atoms with Gasteiger partial charge < -0.3 is 9.84 Å². The highest BCUT2D eigenvalue weighted by atomic mass is 32.2. The van der Waals surface area contributed by atoms with Gasteiger partial charge in [-0.15, -0.1) is 10.2 Å². The fraction of sp³-hybridized carbons (Fsp3) is 0.389. The average molecular weight is 384 g/mol. The lowest BCUT2D eigenvalue weighted by atomic mass is 10.2. The molecule has 27 heavy (non-hydrogen) atoms. The molecule has 1 unspecified atom stereocenters. The predicted molar refractivity (Wildman–Crippen MR) is 101 cm³/mol. The Hall–Kier alpha value is -2.68. The van der Waals surface area contributed by atoms with Crippen molar-refractivity contribution in [2.75, 3.05) is 5.32 Å². The van der Waals surface area contributed by atoms with Crippen LogP contribution in [0, 0.1) is 6.92 Å². The lowest BCUT2D eigenvalue weighted by Crippen LogP contribution is -2.07. The van der Waals surface area contributed by atoms with E-state index in [9.17, 15) is 4.79 Å². The highest BCUT2D eigenvalue weighted by molar-refractivity contribution is 7.99. The maximum atomic E-state index is 11.4. The minimum absolute atomic E-state index is 0.0558. The van der Waals surface area contributed by atoms with Gasteiger partial charge in [0.15, 0.2) is 11.0 Å². The van der Waals surface area contributed by atoms with Crippen LogP contribution in [0.3, 0.4) is 0 Å². The number of nitrogens with zero attached hydrogens (tertiary/aromatic N) is 5. The molecule has 3 aromatic rings. The zero-order chi connectivity index (χ0) is 19.0. The summed E-state index contributed by atoms with van der Waals surface area (Å²) in [5.41, 5.74) is 1.66. The van der Waals surface area contributed by atoms with Crippen molar-refractivity contribution in [3.05, 3.63) is 41.8 Å². The predicted octanol–water partition coefficient (Wildman–Crippen LogP) is 3.65. The number of aromatic nitrogens is 5. The summed E-state index contributed by atoms with van der Waals surface area (Å²) in [5, 5.41) is 16.2. The monoisotopic (exact) mass is 384 g/mol. The van der Waals surface area contributed by atoms with Crippen molar-refractivity contribution in [1.29, 1.82) is 0 Å². The molecule has 0 saturated heterocycles. The van der Waals surface area contributed by atoms with Crippen molar-refractivity contribution in [3.63, 3.8) is 0 Å². The molecule has 0 aliphatic heterocycles. The van der Waals surface area contributed by atoms with E-state index in [4.69, 9.17) is 4.52 Å². The molecule has 9 heteroatoms. The van der Waals surface area contributed by atoms with Gasteiger partial charge in [-0.3, -0.25) is 9.36 Å². The zero-order valence-corrected chi connectivity index (χ0v) is 16.2. The van der Waals surface area contributed by atoms with Crippen LogP contribution in [0.15, 0.2) is 33.9 Å². The second kappa shape index (κ2) is 7.15. The molecule has 4 rings (SSSR count). The fourth-order valence-electron chi connectivity index (χ4n) is 2.82. The van der Waals surface area contributed by atoms with Crippen LogP contribution in [0.4, 0.5) is 5.69 Å². The van der Waals surface area contributed by atoms with E-state index in [1.54, 1.807) is 6.92 Å². The van der Waals surface area contributed by atoms with E-state index in [1.807, 2.05) is 31.2 Å². The minimum Gasteiger partial charge on any atom is -0.338 e. The number of carbonyl (C=O) groups is 1. The molecule has 2 aromatic heterocycles. The Balaban J connectivity index is 1.69. The molecule has 1 aromatic carbocycles. The first-order chi connectivity index (χ1) is 13.0. The molecule has 1 aliphatic rings. The summed E-state index contributed by atoms with van der Waals surface area (Å²) < 4.78 is 7.35. The summed E-state index contributed by atoms with van der Waals surface area (Å²) in [4.78, 5) is 15.7. The number of amides is 1. The largest absolute Gasteiger partial charge is 0.338 e. The lowest BCUT2D eigenvalue weighted by Gasteiger charge is -2.13. The van der Waals surface area contributed by atoms with Gasteiger partial charge in [-0.25, -0.2) is 0 Å². The first kappa shape index (κ1) is 17.7. The van der Waals surface area contributed by atoms with Gasteiger partial charge in [-0.05, 0) is 44.9 Å². The van der Waals surface area contributed by atoms with Crippen LogP contribution in [-0.4, -0.2) is 30.8 Å². The van der Waals surface area contributed by atoms with Crippen molar-refractivity contribution >= 4 is 23.4 Å². The molecule has 8 nitrogen and oxygen atoms in total. The maximum Gasteiger partial charge on any atom is 0.239 e. The van der Waals surface area contributed by atoms with E-state index in [1.165, 1.54) is 18.7 Å². The molecular weight excluding hydrogens is 364 g/mol. The fourth-order valence-corrected chi connectivity index (χ4v) is 3.72. The van der Waals surface area contributed by atoms with Gasteiger partial charge in [-0.2, -0.15) is 4.98 Å². The number of hydrogen-bond acceptors (Lipinski definition) is 7. The highest BCUT2D eigenvalue weighted by Crippen LogP contribution is 2.43. The molecule has 1 saturated carbocycles. The molecule has 0 bridgehead atoms. The Morgan fingerprint density at radius 2 is 2.19 bits per heavy atom. The van der Waals surface area contributed by atoms with Crippen molar-refractivity contribution in [1.82, 2.24) is 24.9 Å². The summed E-state index contributed by atoms with van der Waals surface area (Å²) >= 11 is 1.52. The van der Waals surface area contributed by atoms with E-state index in [-0.39, 0.29) is 11.2 Å². The Morgan fingerprint density at radius 1 is 1.37 bits per heavy atom. The number of carbonyl (C=O) groups excluding carboxylic acids is 1. The van der Waals surface area contributed by atoms with E-state index in [2.05, 4.69) is 30.2 Å². The number of thioether (sulfide) groups is 1. The van der Waals surface area contributed by atoms with Crippen LogP contribution >= 0.6 is 11.8 Å². The molecule has 0 radical (unpaired) electrons. The third-order valence-corrected chi connectivity index (χ3v) is 5.23. The lowest BCUT2D eigenvalue weighted by molar-refractivity contribution is -0.114. The highest BCUT2D eigenvalue weighted by Gasteiger charge is 2.32. The summed E-state index contributed by atoms with van der Waals surface area (Å²) in [6.45, 7) is 5.29. The van der Waals surface area contributed by atoms with Crippen LogP contribution in [-0.2, 0) is 4.79 Å². The molecule has 140 valence electrons. The number of benzene rings is 1. The van der Waals surface area contributed by atoms with E-state index in [0.717, 1.165) is 35.2 Å². The second-order valence-corrected chi connectivity index (χ2v) is 7.93. The third kappa shape index (κ3) is 3.87. The molecule has 1 amide bonds. The SMILES string of the molecule is CC(=O)Nc1cccc(-n2c(SC(C)c3nc(C)no3)nnc2C2CC2)c1. The van der Waals surface area contributed by atoms with E-state index >= 15 is 0 Å². The van der Waals surface area contributed by atoms with Gasteiger partial charge in [0.1, 0.15) is 5.82 Å². The van der Waals surface area contributed by atoms with Gasteiger partial charge in [0.05, 0.1) is 10.9 Å². The van der Waals surface area contributed by atoms with Crippen molar-refractivity contribution in [2.45, 2.75) is 49.9 Å². The molecule has 1 fully saturated rings. The zero-order valence-electron chi connectivity index (χ0n) is 15.3. The molecule has 1 aliphatic carbocycles. The number of nitrogens with one attached hydrogen (secondary N) is 1. The normalized spacial score (nSPS) is 14.9. The molecule has 2 heterocycles. The van der Waals surface area contributed by atoms with Crippen molar-refractivity contribution in [3.8, 4) is 5.69 Å². The third-order valence-electron chi connectivity index (χ3n) is 4.20. The quantitative estimate of drug-likeness (QED) is 0.648. The smallest absolute Gasteiger partial charge is 0.239 e. The number of anilines is 1. The Bertz CT molecular complexity index is 978. The molecule has 0 spiro atoms. The standard InChI is InChI=1S/C18H20N6O2S/c1-10(17-19-11(2)23-26-17)27-18-22-21-16(13-7-8-13)24(18)15-6-4-5-14(9-15)20-12(3)25/h4-6,9-10,13H,7-8H2,1-3H3,(H,20,25). The average Bonchev–Trinajstić information content (AvgIpc) is 3.24. The molecule has 1 atom stereocenters. The summed E-state index contributed by atoms with van der Waals surface area (Å²) in [6.07, 6.45) is 2.24. The minimum atomic E-state index is -0.103. The van der Waals surface area contributed by atoms with Gasteiger partial charge in [-0.1, -0.05) is 23.0 Å². The van der Waals surface area contributed by atoms with Crippen LogP contribution in [0.5, 0.6) is 0 Å².